The molecule has 0 fully saturated rings. The van der Waals surface area contributed by atoms with E-state index in [0.717, 1.165) is 6.66 Å². The number of nitrogen functional groups attached to an aromatic ring is 1. The average Bonchev–Trinajstić information content (AvgIpc) is 2.69. The predicted molar refractivity (Wildman–Crippen MR) is 79.1 cm³/mol. The molecule has 0 aliphatic rings. The molecule has 0 aliphatic carbocycles. The lowest BCUT2D eigenvalue weighted by atomic mass is 9.95. The minimum Gasteiger partial charge on any atom is -0.369 e. The summed E-state index contributed by atoms with van der Waals surface area (Å²) >= 11 is 0. The molecular weight excluding hydrogens is 313 g/mol. The van der Waals surface area contributed by atoms with Gasteiger partial charge in [-0.15, -0.1) is 4.67 Å². The Morgan fingerprint density at radius 1 is 1.55 bits per heavy atom. The van der Waals surface area contributed by atoms with Crippen molar-refractivity contribution in [3.05, 3.63) is 16.7 Å². The summed E-state index contributed by atoms with van der Waals surface area (Å²) in [5.74, 6) is 0.00356. The molecule has 2 aromatic heterocycles. The average molecular weight is 331 g/mol. The Bertz CT molecular complexity index is 777. The van der Waals surface area contributed by atoms with Crippen LogP contribution in [0.5, 0.6) is 0 Å². The largest absolute Gasteiger partial charge is 0.369 e. The Morgan fingerprint density at radius 3 is 2.86 bits per heavy atom. The molecule has 2 rings (SSSR count). The second kappa shape index (κ2) is 5.81. The molecule has 22 heavy (non-hydrogen) atoms. The number of nitrogens with two attached hydrogens (primary N) is 1. The van der Waals surface area contributed by atoms with E-state index in [1.165, 1.54) is 6.33 Å². The van der Waals surface area contributed by atoms with Crippen molar-refractivity contribution < 1.29 is 19.0 Å². The van der Waals surface area contributed by atoms with E-state index in [4.69, 9.17) is 15.5 Å². The number of hydrogen-bond donors (Lipinski definition) is 3. The predicted octanol–water partition coefficient (Wildman–Crippen LogP) is 0.491. The summed E-state index contributed by atoms with van der Waals surface area (Å²) in [6, 6.07) is 0. The van der Waals surface area contributed by atoms with Crippen LogP contribution >= 0.6 is 7.60 Å². The van der Waals surface area contributed by atoms with Gasteiger partial charge < -0.3 is 15.2 Å². The van der Waals surface area contributed by atoms with Crippen LogP contribution in [0, 0.1) is 5.41 Å². The van der Waals surface area contributed by atoms with Gasteiger partial charge in [0.1, 0.15) is 0 Å². The van der Waals surface area contributed by atoms with Crippen molar-refractivity contribution in [2.75, 3.05) is 19.0 Å². The van der Waals surface area contributed by atoms with E-state index in [9.17, 15) is 9.36 Å². The standard InChI is InChI=1S/C11H18N5O5P/c1-11(2,5-20-21-22(3,18)19)4-16-6-13-7-8(16)14-10(12)15-9(7)17/h6H,4-5H2,1-3H3,(H,18,19)(H3,12,14,15,17). The van der Waals surface area contributed by atoms with Gasteiger partial charge in [0.05, 0.1) is 12.9 Å². The number of rotatable bonds is 6. The van der Waals surface area contributed by atoms with Crippen molar-refractivity contribution in [1.29, 1.82) is 0 Å². The monoisotopic (exact) mass is 331 g/mol. The van der Waals surface area contributed by atoms with E-state index < -0.39 is 18.6 Å². The van der Waals surface area contributed by atoms with E-state index in [2.05, 4.69) is 19.6 Å². The van der Waals surface area contributed by atoms with Crippen molar-refractivity contribution in [1.82, 2.24) is 19.5 Å². The molecule has 0 saturated carbocycles. The first-order valence-corrected chi connectivity index (χ1v) is 8.42. The van der Waals surface area contributed by atoms with E-state index in [1.807, 2.05) is 13.8 Å². The lowest BCUT2D eigenvalue weighted by molar-refractivity contribution is -0.232. The third-order valence-corrected chi connectivity index (χ3v) is 3.11. The van der Waals surface area contributed by atoms with Crippen molar-refractivity contribution in [3.63, 3.8) is 0 Å². The molecule has 0 aliphatic heterocycles. The van der Waals surface area contributed by atoms with Gasteiger partial charge in [0, 0.05) is 18.6 Å². The van der Waals surface area contributed by atoms with Crippen LogP contribution in [0.15, 0.2) is 11.1 Å². The van der Waals surface area contributed by atoms with Gasteiger partial charge >= 0.3 is 7.60 Å². The van der Waals surface area contributed by atoms with Gasteiger partial charge in [-0.25, -0.2) is 9.87 Å². The first-order chi connectivity index (χ1) is 10.1. The number of nitrogens with zero attached hydrogens (tertiary/aromatic N) is 3. The molecule has 122 valence electrons. The first kappa shape index (κ1) is 16.6. The summed E-state index contributed by atoms with van der Waals surface area (Å²) in [5.41, 5.74) is 5.20. The second-order valence-corrected chi connectivity index (χ2v) is 7.55. The quantitative estimate of drug-likeness (QED) is 0.394. The Hall–Kier alpha value is -1.74. The number of fused-ring (bicyclic) bond motifs is 1. The number of nitrogens with one attached hydrogen (secondary N) is 1. The zero-order valence-electron chi connectivity index (χ0n) is 12.4. The zero-order valence-corrected chi connectivity index (χ0v) is 13.3. The fraction of sp³-hybridized carbons (Fsp3) is 0.545. The summed E-state index contributed by atoms with van der Waals surface area (Å²) in [6.07, 6.45) is 1.48. The highest BCUT2D eigenvalue weighted by Crippen LogP contribution is 2.37. The molecule has 0 radical (unpaired) electrons. The van der Waals surface area contributed by atoms with Crippen molar-refractivity contribution in [2.45, 2.75) is 20.4 Å². The molecule has 0 amide bonds. The van der Waals surface area contributed by atoms with Gasteiger partial charge in [-0.1, -0.05) is 13.8 Å². The molecule has 1 unspecified atom stereocenters. The molecule has 4 N–H and O–H groups in total. The Labute approximate surface area is 125 Å². The van der Waals surface area contributed by atoms with E-state index in [0.29, 0.717) is 12.2 Å². The maximum absolute atomic E-state index is 11.7. The Morgan fingerprint density at radius 2 is 2.23 bits per heavy atom. The number of imidazole rings is 1. The summed E-state index contributed by atoms with van der Waals surface area (Å²) < 4.78 is 17.1. The molecule has 0 bridgehead atoms. The van der Waals surface area contributed by atoms with Crippen LogP contribution in [0.3, 0.4) is 0 Å². The SMILES string of the molecule is CC(C)(COOP(C)(=O)O)Cn1cnc2c(=O)[nH]c(N)nc21. The fourth-order valence-corrected chi connectivity index (χ4v) is 2.13. The summed E-state index contributed by atoms with van der Waals surface area (Å²) in [7, 11) is -3.69. The van der Waals surface area contributed by atoms with Gasteiger partial charge in [-0.2, -0.15) is 4.98 Å². The van der Waals surface area contributed by atoms with Crippen LogP contribution in [0.2, 0.25) is 0 Å². The van der Waals surface area contributed by atoms with Gasteiger partial charge in [0.25, 0.3) is 5.56 Å². The molecule has 0 spiro atoms. The van der Waals surface area contributed by atoms with Crippen molar-refractivity contribution in [2.24, 2.45) is 5.41 Å². The van der Waals surface area contributed by atoms with Crippen molar-refractivity contribution in [3.8, 4) is 0 Å². The molecule has 2 aromatic rings. The highest BCUT2D eigenvalue weighted by Gasteiger charge is 2.23. The van der Waals surface area contributed by atoms with Gasteiger partial charge in [-0.3, -0.25) is 14.3 Å². The third kappa shape index (κ3) is 4.14. The van der Waals surface area contributed by atoms with E-state index in [1.54, 1.807) is 4.57 Å². The molecule has 11 heteroatoms. The summed E-state index contributed by atoms with van der Waals surface area (Å²) in [5, 5.41) is 0. The maximum atomic E-state index is 11.7. The van der Waals surface area contributed by atoms with E-state index in [-0.39, 0.29) is 18.1 Å². The van der Waals surface area contributed by atoms with Crippen LogP contribution in [0.25, 0.3) is 11.2 Å². The fourth-order valence-electron chi connectivity index (χ4n) is 1.88. The Kier molecular flexibility index (Phi) is 4.39. The number of aromatic amines is 1. The van der Waals surface area contributed by atoms with E-state index >= 15 is 0 Å². The highest BCUT2D eigenvalue weighted by atomic mass is 31.2. The lowest BCUT2D eigenvalue weighted by Crippen LogP contribution is -2.25. The summed E-state index contributed by atoms with van der Waals surface area (Å²) in [4.78, 5) is 36.0. The number of H-pyrrole nitrogens is 1. The van der Waals surface area contributed by atoms with Crippen LogP contribution in [0.1, 0.15) is 13.8 Å². The minimum absolute atomic E-state index is 0.00356. The zero-order chi connectivity index (χ0) is 16.5. The molecule has 1 atom stereocenters. The first-order valence-electron chi connectivity index (χ1n) is 6.39. The second-order valence-electron chi connectivity index (χ2n) is 5.80. The maximum Gasteiger partial charge on any atom is 0.352 e. The molecule has 2 heterocycles. The van der Waals surface area contributed by atoms with Gasteiger partial charge in [0.15, 0.2) is 11.2 Å². The van der Waals surface area contributed by atoms with Crippen LogP contribution < -0.4 is 11.3 Å². The molecule has 10 nitrogen and oxygen atoms in total. The third-order valence-electron chi connectivity index (χ3n) is 2.73. The van der Waals surface area contributed by atoms with Crippen LogP contribution in [-0.4, -0.2) is 37.7 Å². The highest BCUT2D eigenvalue weighted by molar-refractivity contribution is 7.51. The molecule has 0 saturated heterocycles. The smallest absolute Gasteiger partial charge is 0.352 e. The Balaban J connectivity index is 2.16. The minimum atomic E-state index is -3.69. The van der Waals surface area contributed by atoms with Crippen LogP contribution in [0.4, 0.5) is 5.95 Å². The number of aromatic nitrogens is 4. The van der Waals surface area contributed by atoms with Gasteiger partial charge in [0.2, 0.25) is 5.95 Å². The summed E-state index contributed by atoms with van der Waals surface area (Å²) in [6.45, 7) is 5.20. The van der Waals surface area contributed by atoms with Crippen molar-refractivity contribution >= 4 is 24.7 Å². The normalized spacial score (nSPS) is 15.1. The number of anilines is 1. The number of hydrogen-bond acceptors (Lipinski definition) is 7. The van der Waals surface area contributed by atoms with Crippen LogP contribution in [-0.2, 0) is 20.7 Å². The van der Waals surface area contributed by atoms with Gasteiger partial charge in [-0.05, 0) is 0 Å². The molecular formula is C11H18N5O5P. The lowest BCUT2D eigenvalue weighted by Gasteiger charge is -2.24. The molecule has 0 aromatic carbocycles. The topological polar surface area (TPSA) is 145 Å².